The molecule has 0 heterocycles. The van der Waals surface area contributed by atoms with E-state index in [1.54, 1.807) is 0 Å². The summed E-state index contributed by atoms with van der Waals surface area (Å²) < 4.78 is 0. The number of rotatable bonds is 4. The van der Waals surface area contributed by atoms with Gasteiger partial charge >= 0.3 is 0 Å². The minimum absolute atomic E-state index is 0.605. The van der Waals surface area contributed by atoms with E-state index >= 15 is 0 Å². The van der Waals surface area contributed by atoms with Gasteiger partial charge < -0.3 is 5.73 Å². The molecule has 0 atom stereocenters. The Balaban J connectivity index is 2.41. The van der Waals surface area contributed by atoms with E-state index in [1.165, 1.54) is 5.56 Å². The Bertz CT molecular complexity index is 246. The van der Waals surface area contributed by atoms with Gasteiger partial charge in [-0.25, -0.2) is 0 Å². The van der Waals surface area contributed by atoms with E-state index in [1.807, 2.05) is 31.3 Å². The minimum atomic E-state index is 0.605. The third-order valence-electron chi connectivity index (χ3n) is 2.01. The number of halogens is 1. The van der Waals surface area contributed by atoms with Crippen LogP contribution in [0.2, 0.25) is 5.02 Å². The summed E-state index contributed by atoms with van der Waals surface area (Å²) in [5.41, 5.74) is 6.76. The molecule has 0 fully saturated rings. The zero-order valence-corrected chi connectivity index (χ0v) is 8.59. The van der Waals surface area contributed by atoms with Crippen LogP contribution in [-0.2, 0) is 6.42 Å². The first-order valence-electron chi connectivity index (χ1n) is 4.35. The summed E-state index contributed by atoms with van der Waals surface area (Å²) in [6, 6.07) is 7.93. The van der Waals surface area contributed by atoms with Crippen molar-refractivity contribution >= 4 is 11.6 Å². The number of benzene rings is 1. The Hall–Kier alpha value is -0.570. The molecule has 0 aliphatic heterocycles. The van der Waals surface area contributed by atoms with E-state index in [-0.39, 0.29) is 0 Å². The number of nitrogens with two attached hydrogens (primary N) is 1. The quantitative estimate of drug-likeness (QED) is 0.747. The topological polar surface area (TPSA) is 29.3 Å². The molecule has 0 saturated carbocycles. The van der Waals surface area contributed by atoms with Crippen LogP contribution in [0.4, 0.5) is 0 Å². The molecule has 0 bridgehead atoms. The van der Waals surface area contributed by atoms with Crippen LogP contribution in [0.1, 0.15) is 5.56 Å². The van der Waals surface area contributed by atoms with Crippen molar-refractivity contribution in [2.45, 2.75) is 6.42 Å². The third-order valence-corrected chi connectivity index (χ3v) is 2.26. The molecule has 0 amide bonds. The third kappa shape index (κ3) is 3.77. The maximum absolute atomic E-state index is 5.77. The van der Waals surface area contributed by atoms with Crippen LogP contribution in [0.25, 0.3) is 0 Å². The molecule has 0 spiro atoms. The standard InChI is InChI=1S/C10H15ClN2/c1-13(8-12)7-6-9-2-4-10(11)5-3-9/h2-5H,6-8,12H2,1H3. The van der Waals surface area contributed by atoms with Crippen molar-refractivity contribution in [1.29, 1.82) is 0 Å². The second-order valence-corrected chi connectivity index (χ2v) is 3.58. The smallest absolute Gasteiger partial charge is 0.0452 e. The maximum atomic E-state index is 5.77. The van der Waals surface area contributed by atoms with E-state index in [2.05, 4.69) is 4.90 Å². The zero-order chi connectivity index (χ0) is 9.68. The van der Waals surface area contributed by atoms with Crippen molar-refractivity contribution in [2.75, 3.05) is 20.3 Å². The first-order valence-corrected chi connectivity index (χ1v) is 4.73. The highest BCUT2D eigenvalue weighted by molar-refractivity contribution is 6.30. The Kier molecular flexibility index (Phi) is 4.22. The van der Waals surface area contributed by atoms with Gasteiger partial charge in [-0.15, -0.1) is 0 Å². The van der Waals surface area contributed by atoms with Gasteiger partial charge in [0, 0.05) is 18.2 Å². The van der Waals surface area contributed by atoms with Gasteiger partial charge in [-0.05, 0) is 31.2 Å². The number of nitrogens with zero attached hydrogens (tertiary/aromatic N) is 1. The first kappa shape index (κ1) is 10.5. The van der Waals surface area contributed by atoms with Crippen LogP contribution in [0, 0.1) is 0 Å². The summed E-state index contributed by atoms with van der Waals surface area (Å²) in [5, 5.41) is 0.788. The highest BCUT2D eigenvalue weighted by atomic mass is 35.5. The molecule has 0 saturated heterocycles. The lowest BCUT2D eigenvalue weighted by Gasteiger charge is -2.12. The Labute approximate surface area is 84.3 Å². The second-order valence-electron chi connectivity index (χ2n) is 3.14. The summed E-state index contributed by atoms with van der Waals surface area (Å²) in [6.07, 6.45) is 1.02. The van der Waals surface area contributed by atoms with Crippen molar-refractivity contribution in [1.82, 2.24) is 4.90 Å². The lowest BCUT2D eigenvalue weighted by Crippen LogP contribution is -2.27. The Morgan fingerprint density at radius 2 is 1.92 bits per heavy atom. The monoisotopic (exact) mass is 198 g/mol. The molecule has 0 aromatic heterocycles. The molecule has 0 aliphatic carbocycles. The SMILES string of the molecule is CN(CN)CCc1ccc(Cl)cc1. The van der Waals surface area contributed by atoms with Crippen molar-refractivity contribution in [3.8, 4) is 0 Å². The van der Waals surface area contributed by atoms with Gasteiger partial charge in [0.15, 0.2) is 0 Å². The molecule has 0 unspecified atom stereocenters. The maximum Gasteiger partial charge on any atom is 0.0452 e. The van der Waals surface area contributed by atoms with Crippen molar-refractivity contribution in [3.63, 3.8) is 0 Å². The summed E-state index contributed by atoms with van der Waals surface area (Å²) >= 11 is 5.77. The molecule has 1 aromatic carbocycles. The van der Waals surface area contributed by atoms with Crippen LogP contribution in [-0.4, -0.2) is 25.2 Å². The highest BCUT2D eigenvalue weighted by Crippen LogP contribution is 2.09. The molecule has 2 nitrogen and oxygen atoms in total. The number of hydrogen-bond donors (Lipinski definition) is 1. The predicted octanol–water partition coefficient (Wildman–Crippen LogP) is 1.73. The van der Waals surface area contributed by atoms with Crippen LogP contribution in [0.15, 0.2) is 24.3 Å². The molecule has 72 valence electrons. The van der Waals surface area contributed by atoms with Crippen LogP contribution in [0.3, 0.4) is 0 Å². The van der Waals surface area contributed by atoms with E-state index in [9.17, 15) is 0 Å². The molecule has 0 radical (unpaired) electrons. The van der Waals surface area contributed by atoms with Crippen LogP contribution in [0.5, 0.6) is 0 Å². The molecule has 13 heavy (non-hydrogen) atoms. The van der Waals surface area contributed by atoms with Gasteiger partial charge in [-0.2, -0.15) is 0 Å². The lowest BCUT2D eigenvalue weighted by molar-refractivity contribution is 0.349. The van der Waals surface area contributed by atoms with Crippen molar-refractivity contribution in [2.24, 2.45) is 5.73 Å². The van der Waals surface area contributed by atoms with Gasteiger partial charge in [-0.1, -0.05) is 23.7 Å². The van der Waals surface area contributed by atoms with Crippen molar-refractivity contribution in [3.05, 3.63) is 34.9 Å². The molecular weight excluding hydrogens is 184 g/mol. The predicted molar refractivity (Wildman–Crippen MR) is 56.8 cm³/mol. The van der Waals surface area contributed by atoms with Gasteiger partial charge in [0.25, 0.3) is 0 Å². The average molecular weight is 199 g/mol. The summed E-state index contributed by atoms with van der Waals surface area (Å²) in [4.78, 5) is 2.08. The minimum Gasteiger partial charge on any atom is -0.318 e. The zero-order valence-electron chi connectivity index (χ0n) is 7.83. The lowest BCUT2D eigenvalue weighted by atomic mass is 10.1. The fourth-order valence-corrected chi connectivity index (χ4v) is 1.19. The highest BCUT2D eigenvalue weighted by Gasteiger charge is 1.96. The normalized spacial score (nSPS) is 10.8. The molecular formula is C10H15ClN2. The van der Waals surface area contributed by atoms with Crippen molar-refractivity contribution < 1.29 is 0 Å². The van der Waals surface area contributed by atoms with E-state index in [0.29, 0.717) is 6.67 Å². The van der Waals surface area contributed by atoms with E-state index in [4.69, 9.17) is 17.3 Å². The van der Waals surface area contributed by atoms with Gasteiger partial charge in [0.1, 0.15) is 0 Å². The Morgan fingerprint density at radius 1 is 1.31 bits per heavy atom. The molecule has 3 heteroatoms. The largest absolute Gasteiger partial charge is 0.318 e. The van der Waals surface area contributed by atoms with Gasteiger partial charge in [-0.3, -0.25) is 4.90 Å². The summed E-state index contributed by atoms with van der Waals surface area (Å²) in [7, 11) is 2.01. The Morgan fingerprint density at radius 3 is 2.46 bits per heavy atom. The fourth-order valence-electron chi connectivity index (χ4n) is 1.06. The van der Waals surface area contributed by atoms with Crippen LogP contribution < -0.4 is 5.73 Å². The molecule has 1 aromatic rings. The summed E-state index contributed by atoms with van der Waals surface area (Å²) in [5.74, 6) is 0. The average Bonchev–Trinajstić information content (AvgIpc) is 2.16. The molecule has 1 rings (SSSR count). The van der Waals surface area contributed by atoms with E-state index in [0.717, 1.165) is 18.0 Å². The molecule has 2 N–H and O–H groups in total. The summed E-state index contributed by atoms with van der Waals surface area (Å²) in [6.45, 7) is 1.59. The van der Waals surface area contributed by atoms with Crippen LogP contribution >= 0.6 is 11.6 Å². The van der Waals surface area contributed by atoms with Gasteiger partial charge in [0.2, 0.25) is 0 Å². The number of likely N-dealkylation sites (N-methyl/N-ethyl adjacent to an activating group) is 1. The molecule has 0 aliphatic rings. The van der Waals surface area contributed by atoms with E-state index < -0.39 is 0 Å². The first-order chi connectivity index (χ1) is 6.22. The number of hydrogen-bond acceptors (Lipinski definition) is 2. The second kappa shape index (κ2) is 5.22. The fraction of sp³-hybridized carbons (Fsp3) is 0.400. The van der Waals surface area contributed by atoms with Gasteiger partial charge in [0.05, 0.1) is 0 Å².